The number of H-pyrrole nitrogens is 2. The van der Waals surface area contributed by atoms with Gasteiger partial charge in [0.1, 0.15) is 13.2 Å². The Morgan fingerprint density at radius 2 is 1.17 bits per heavy atom. The number of hydrogen-bond acceptors (Lipinski definition) is 15. The standard InChI is InChI=1S/C73H102N14O12.CH4.2O.Tc/c1-45(2)29-51(30-46(3)4)33-64(90)61(36-56-41-79-44-82-56)84-67(93)24-22-62(88)70(47(5)6)87-71(96)48(7)31-63(89)60(34-53-40-80-58-16-12-11-15-57(53)58)86-73(98)52(19-23-66(76)92)35-65(91)59(32-49-13-9-8-10-14-49)85-69(95)43-99-42-68(94)83-55-20-17-50(18-21-55)37-81-72(97)54(38-77-27-25-74)39-78-28-26-75;;;;/h8-18,20-21,40-41,44-48,51-52,54,59-61,70,74-75,80H,19,22-39,42-43H2,1-7H3,(H2,76,92)(H,79,82)(H,81,97)(H,83,94)(H,84,93)(H,85,95)(H,86,98)(H,87,96);1H4;;;/q-4;;;;/t48-,52-,59-,60+,61+,70+;;;;/m1..../s1. The number of fused-ring (bicyclic) bond motifs is 1. The summed E-state index contributed by atoms with van der Waals surface area (Å²) in [4.78, 5) is 161. The van der Waals surface area contributed by atoms with Crippen molar-refractivity contribution in [2.45, 2.75) is 164 Å². The van der Waals surface area contributed by atoms with Crippen molar-refractivity contribution >= 4 is 81.1 Å². The zero-order valence-electron chi connectivity index (χ0n) is 59.5. The third kappa shape index (κ3) is 34.1. The van der Waals surface area contributed by atoms with Crippen LogP contribution in [0.3, 0.4) is 0 Å². The molecule has 0 saturated heterocycles. The van der Waals surface area contributed by atoms with Crippen molar-refractivity contribution in [1.82, 2.24) is 41.5 Å². The fraction of sp³-hybridized carbons (Fsp3) is 0.541. The number of amides is 7. The Balaban J connectivity index is 0.00000676. The van der Waals surface area contributed by atoms with Crippen LogP contribution in [0.15, 0.2) is 97.6 Å². The average molecular weight is 1510 g/mol. The maximum absolute atomic E-state index is 14.7. The molecule has 7 amide bonds. The predicted molar refractivity (Wildman–Crippen MR) is 387 cm³/mol. The Morgan fingerprint density at radius 3 is 1.78 bits per heavy atom. The van der Waals surface area contributed by atoms with Crippen LogP contribution in [0.2, 0.25) is 0 Å². The first-order chi connectivity index (χ1) is 48.7. The van der Waals surface area contributed by atoms with Crippen LogP contribution in [0.1, 0.15) is 136 Å². The molecule has 12 N–H and O–H groups in total. The van der Waals surface area contributed by atoms with E-state index in [4.69, 9.17) is 28.9 Å². The molecule has 0 bridgehead atoms. The van der Waals surface area contributed by atoms with E-state index in [2.05, 4.69) is 85.2 Å². The summed E-state index contributed by atoms with van der Waals surface area (Å²) >= 11 is -1.91. The van der Waals surface area contributed by atoms with Crippen LogP contribution in [-0.2, 0) is 108 Å². The van der Waals surface area contributed by atoms with E-state index in [1.165, 1.54) is 13.3 Å². The van der Waals surface area contributed by atoms with Crippen molar-refractivity contribution < 1.29 is 82.1 Å². The number of Topliss-reactive ketones (excluding diaryl/α,β-unsaturated/α-hetero) is 4. The van der Waals surface area contributed by atoms with Gasteiger partial charge in [-0.25, -0.2) is 4.98 Å². The fourth-order valence-electron chi connectivity index (χ4n) is 11.8. The molecule has 5 aromatic rings. The van der Waals surface area contributed by atoms with E-state index in [9.17, 15) is 52.7 Å². The normalized spacial score (nSPS) is 13.0. The molecule has 2 heterocycles. The number of aromatic nitrogens is 3. The van der Waals surface area contributed by atoms with Crippen molar-refractivity contribution in [2.75, 3.05) is 57.8 Å². The molecule has 0 aliphatic heterocycles. The number of carbonyl (C=O) groups is 11. The van der Waals surface area contributed by atoms with Gasteiger partial charge in [-0.05, 0) is 84.2 Å². The summed E-state index contributed by atoms with van der Waals surface area (Å²) in [5, 5.41) is 26.0. The molecule has 103 heavy (non-hydrogen) atoms. The Hall–Kier alpha value is -8.57. The first-order valence-electron chi connectivity index (χ1n) is 34.6. The molecule has 0 aliphatic rings. The van der Waals surface area contributed by atoms with E-state index < -0.39 is 144 Å². The summed E-state index contributed by atoms with van der Waals surface area (Å²) in [5.74, 6) is -8.36. The van der Waals surface area contributed by atoms with E-state index >= 15 is 0 Å². The van der Waals surface area contributed by atoms with Gasteiger partial charge in [0.25, 0.3) is 0 Å². The SMILES string of the molecule is C.CC(C)CC(CC(=O)[C@H](Cc1cnc[nH]1)NC(=O)CCC(=O)[C@@H](NC(=O)[C@H](C)CC(=O)[C@H](Cc1c[nH]c2ccccc12)NC(=O)[C@H](CCC(N)=O)CC(=O)[C@@H](Cc1ccccc1)NC(=O)COCC(=O)Nc1ccc(CNC(=O)C(C[N-]CC[NH-])C[N-]CC[NH-])cc1)C(C)C)CC(C)C.[O]=[Tc]=[O]. The quantitative estimate of drug-likeness (QED) is 0.0166. The van der Waals surface area contributed by atoms with Gasteiger partial charge in [0.05, 0.1) is 30.5 Å². The molecule has 6 atom stereocenters. The van der Waals surface area contributed by atoms with Gasteiger partial charge < -0.3 is 74.4 Å². The van der Waals surface area contributed by atoms with Crippen molar-refractivity contribution in [3.05, 3.63) is 142 Å². The fourth-order valence-corrected chi connectivity index (χ4v) is 11.8. The number of carbonyl (C=O) groups excluding carboxylic acids is 11. The Labute approximate surface area is 612 Å². The van der Waals surface area contributed by atoms with Crippen molar-refractivity contribution in [3.63, 3.8) is 0 Å². The van der Waals surface area contributed by atoms with Gasteiger partial charge in [0, 0.05) is 110 Å². The first kappa shape index (κ1) is 88.6. The second kappa shape index (κ2) is 48.4. The number of nitrogens with zero attached hydrogens (tertiary/aromatic N) is 3. The number of ketones is 4. The number of para-hydroxylation sites is 1. The number of nitrogens with two attached hydrogens (primary N) is 1. The number of hydrogen-bond donors (Lipinski definition) is 9. The number of nitrogens with one attached hydrogen (secondary N) is 10. The van der Waals surface area contributed by atoms with Crippen LogP contribution < -0.4 is 37.6 Å². The van der Waals surface area contributed by atoms with E-state index in [0.29, 0.717) is 47.4 Å². The number of aromatic amines is 2. The molecule has 0 saturated carbocycles. The number of rotatable bonds is 49. The summed E-state index contributed by atoms with van der Waals surface area (Å²) in [6.07, 6.45) is 4.94. The van der Waals surface area contributed by atoms with Crippen LogP contribution >= 0.6 is 0 Å². The molecule has 567 valence electrons. The van der Waals surface area contributed by atoms with Crippen LogP contribution in [0.4, 0.5) is 5.69 Å². The van der Waals surface area contributed by atoms with Gasteiger partial charge in [0.2, 0.25) is 41.4 Å². The number of primary amides is 1. The molecule has 2 aromatic heterocycles. The molecule has 29 heteroatoms. The Kier molecular flexibility index (Phi) is 41.6. The Morgan fingerprint density at radius 1 is 0.592 bits per heavy atom. The van der Waals surface area contributed by atoms with Gasteiger partial charge in [0.15, 0.2) is 23.1 Å². The Bertz CT molecular complexity index is 3490. The van der Waals surface area contributed by atoms with Crippen molar-refractivity contribution in [1.29, 1.82) is 0 Å². The van der Waals surface area contributed by atoms with Crippen LogP contribution in [0.5, 0.6) is 0 Å². The summed E-state index contributed by atoms with van der Waals surface area (Å²) in [7, 11) is 0. The monoisotopic (exact) mass is 1510 g/mol. The topological polar surface area (TPSA) is 450 Å². The summed E-state index contributed by atoms with van der Waals surface area (Å²) < 4.78 is 22.4. The van der Waals surface area contributed by atoms with Gasteiger partial charge in [-0.1, -0.05) is 117 Å². The van der Waals surface area contributed by atoms with Gasteiger partial charge in [-0.15, -0.1) is 13.1 Å². The third-order valence-electron chi connectivity index (χ3n) is 16.8. The molecular formula is C74H106N14O14Tc-4. The van der Waals surface area contributed by atoms with E-state index in [-0.39, 0.29) is 109 Å². The zero-order valence-corrected chi connectivity index (χ0v) is 61.3. The number of ether oxygens (including phenoxy) is 1. The second-order valence-corrected chi connectivity index (χ2v) is 27.1. The maximum atomic E-state index is 14.7. The summed E-state index contributed by atoms with van der Waals surface area (Å²) in [5.41, 5.74) is 24.1. The number of imidazole rings is 1. The van der Waals surface area contributed by atoms with Crippen molar-refractivity contribution in [3.8, 4) is 0 Å². The predicted octanol–water partition coefficient (Wildman–Crippen LogP) is 8.10. The third-order valence-corrected chi connectivity index (χ3v) is 16.8. The van der Waals surface area contributed by atoms with Crippen LogP contribution in [-0.4, -0.2) is 156 Å². The molecule has 0 radical (unpaired) electrons. The van der Waals surface area contributed by atoms with Gasteiger partial charge in [-0.3, -0.25) is 52.7 Å². The molecule has 0 spiro atoms. The van der Waals surface area contributed by atoms with Gasteiger partial charge >= 0.3 is 24.6 Å². The molecule has 28 nitrogen and oxygen atoms in total. The molecule has 0 aliphatic carbocycles. The molecule has 0 fully saturated rings. The zero-order chi connectivity index (χ0) is 75.1. The summed E-state index contributed by atoms with van der Waals surface area (Å²) in [6, 6.07) is 18.3. The summed E-state index contributed by atoms with van der Waals surface area (Å²) in [6.45, 7) is 13.7. The second-order valence-electron chi connectivity index (χ2n) is 26.7. The first-order valence-corrected chi connectivity index (χ1v) is 36.1. The number of anilines is 1. The molecule has 0 unspecified atom stereocenters. The van der Waals surface area contributed by atoms with E-state index in [0.717, 1.165) is 29.3 Å². The molecule has 5 rings (SSSR count). The molecule has 3 aromatic carbocycles. The van der Waals surface area contributed by atoms with Crippen molar-refractivity contribution in [2.24, 2.45) is 47.2 Å². The van der Waals surface area contributed by atoms with Crippen LogP contribution in [0, 0.1) is 41.4 Å². The van der Waals surface area contributed by atoms with E-state index in [1.54, 1.807) is 80.8 Å². The van der Waals surface area contributed by atoms with Crippen LogP contribution in [0.25, 0.3) is 33.0 Å². The van der Waals surface area contributed by atoms with E-state index in [1.807, 2.05) is 24.3 Å². The van der Waals surface area contributed by atoms with Gasteiger partial charge in [-0.2, -0.15) is 26.2 Å². The average Bonchev–Trinajstić information content (AvgIpc) is 1.71. The minimum atomic E-state index is -1.91. The molecular weight excluding hydrogens is 1410 g/mol. The minimum absolute atomic E-state index is 0. The number of benzene rings is 3.